The van der Waals surface area contributed by atoms with Crippen molar-refractivity contribution >= 4 is 0 Å². The maximum atomic E-state index is 13.6. The van der Waals surface area contributed by atoms with Crippen molar-refractivity contribution in [2.45, 2.75) is 45.7 Å². The summed E-state index contributed by atoms with van der Waals surface area (Å²) in [4.78, 5) is 0. The van der Waals surface area contributed by atoms with E-state index < -0.39 is 0 Å². The highest BCUT2D eigenvalue weighted by Crippen LogP contribution is 2.17. The van der Waals surface area contributed by atoms with E-state index in [0.29, 0.717) is 11.6 Å². The van der Waals surface area contributed by atoms with E-state index in [2.05, 4.69) is 19.2 Å². The van der Waals surface area contributed by atoms with Crippen LogP contribution in [0.1, 0.15) is 43.2 Å². The summed E-state index contributed by atoms with van der Waals surface area (Å²) in [6.07, 6.45) is 3.60. The molecule has 1 N–H and O–H groups in total. The van der Waals surface area contributed by atoms with Crippen LogP contribution in [-0.4, -0.2) is 6.04 Å². The highest BCUT2D eigenvalue weighted by molar-refractivity contribution is 5.25. The number of halogens is 1. The second kappa shape index (κ2) is 6.71. The summed E-state index contributed by atoms with van der Waals surface area (Å²) in [6, 6.07) is 9.81. The summed E-state index contributed by atoms with van der Waals surface area (Å²) in [7, 11) is 0. The second-order valence-corrected chi connectivity index (χ2v) is 5.42. The van der Waals surface area contributed by atoms with E-state index in [0.717, 1.165) is 24.2 Å². The van der Waals surface area contributed by atoms with E-state index >= 15 is 0 Å². The Morgan fingerprint density at radius 2 is 2.05 bits per heavy atom. The number of aryl methyl sites for hydroxylation is 2. The Bertz CT molecular complexity index is 536. The zero-order valence-electron chi connectivity index (χ0n) is 12.3. The lowest BCUT2D eigenvalue weighted by Crippen LogP contribution is -2.29. The molecular formula is C17H22FNO. The van der Waals surface area contributed by atoms with Crippen molar-refractivity contribution in [3.8, 4) is 0 Å². The summed E-state index contributed by atoms with van der Waals surface area (Å²) in [5.74, 6) is 0.868. The van der Waals surface area contributed by atoms with Gasteiger partial charge in [0.25, 0.3) is 0 Å². The maximum Gasteiger partial charge on any atom is 0.126 e. The van der Waals surface area contributed by atoms with Crippen LogP contribution in [0.2, 0.25) is 0 Å². The van der Waals surface area contributed by atoms with Crippen LogP contribution in [0, 0.1) is 12.7 Å². The van der Waals surface area contributed by atoms with Crippen molar-refractivity contribution in [3.63, 3.8) is 0 Å². The van der Waals surface area contributed by atoms with Gasteiger partial charge in [-0.2, -0.15) is 0 Å². The van der Waals surface area contributed by atoms with Crippen LogP contribution in [0.5, 0.6) is 0 Å². The quantitative estimate of drug-likeness (QED) is 0.845. The molecule has 1 aromatic heterocycles. The van der Waals surface area contributed by atoms with E-state index in [4.69, 9.17) is 4.42 Å². The second-order valence-electron chi connectivity index (χ2n) is 5.42. The first-order chi connectivity index (χ1) is 9.56. The Hall–Kier alpha value is -1.61. The molecule has 2 aromatic rings. The van der Waals surface area contributed by atoms with Gasteiger partial charge in [-0.15, -0.1) is 0 Å². The minimum absolute atomic E-state index is 0.136. The number of rotatable bonds is 6. The molecule has 2 rings (SSSR count). The minimum atomic E-state index is -0.139. The highest BCUT2D eigenvalue weighted by Gasteiger charge is 2.11. The molecule has 0 bridgehead atoms. The van der Waals surface area contributed by atoms with E-state index in [1.807, 2.05) is 24.3 Å². The van der Waals surface area contributed by atoms with Crippen LogP contribution in [0.3, 0.4) is 0 Å². The standard InChI is InChI=1S/C17H22FNO/c1-12-6-8-15(11-17(12)18)14(3)19-13(2)7-9-16-5-4-10-20-16/h4-6,8,10-11,13-14,19H,7,9H2,1-3H3. The molecule has 0 saturated carbocycles. The van der Waals surface area contributed by atoms with Crippen LogP contribution in [-0.2, 0) is 6.42 Å². The van der Waals surface area contributed by atoms with E-state index in [9.17, 15) is 4.39 Å². The van der Waals surface area contributed by atoms with Gasteiger partial charge in [0.2, 0.25) is 0 Å². The molecule has 20 heavy (non-hydrogen) atoms. The number of hydrogen-bond acceptors (Lipinski definition) is 2. The zero-order chi connectivity index (χ0) is 14.5. The zero-order valence-corrected chi connectivity index (χ0v) is 12.3. The van der Waals surface area contributed by atoms with Gasteiger partial charge in [0, 0.05) is 18.5 Å². The lowest BCUT2D eigenvalue weighted by molar-refractivity contribution is 0.430. The fourth-order valence-corrected chi connectivity index (χ4v) is 2.30. The van der Waals surface area contributed by atoms with Crippen molar-refractivity contribution in [3.05, 3.63) is 59.3 Å². The van der Waals surface area contributed by atoms with Crippen LogP contribution < -0.4 is 5.32 Å². The van der Waals surface area contributed by atoms with Gasteiger partial charge in [-0.05, 0) is 56.5 Å². The SMILES string of the molecule is Cc1ccc(C(C)NC(C)CCc2ccco2)cc1F. The number of benzene rings is 1. The van der Waals surface area contributed by atoms with Gasteiger partial charge < -0.3 is 9.73 Å². The summed E-state index contributed by atoms with van der Waals surface area (Å²) >= 11 is 0. The molecule has 0 fully saturated rings. The summed E-state index contributed by atoms with van der Waals surface area (Å²) in [6.45, 7) is 5.99. The smallest absolute Gasteiger partial charge is 0.126 e. The largest absolute Gasteiger partial charge is 0.469 e. The average molecular weight is 275 g/mol. The molecule has 0 amide bonds. The first-order valence-electron chi connectivity index (χ1n) is 7.10. The summed E-state index contributed by atoms with van der Waals surface area (Å²) in [5, 5.41) is 3.50. The lowest BCUT2D eigenvalue weighted by atomic mass is 10.0. The van der Waals surface area contributed by atoms with E-state index in [1.54, 1.807) is 19.3 Å². The fraction of sp³-hybridized carbons (Fsp3) is 0.412. The molecule has 108 valence electrons. The summed E-state index contributed by atoms with van der Waals surface area (Å²) < 4.78 is 18.9. The van der Waals surface area contributed by atoms with Crippen LogP contribution >= 0.6 is 0 Å². The third-order valence-corrected chi connectivity index (χ3v) is 3.63. The first kappa shape index (κ1) is 14.8. The molecule has 0 aliphatic rings. The first-order valence-corrected chi connectivity index (χ1v) is 7.10. The van der Waals surface area contributed by atoms with Gasteiger partial charge in [0.05, 0.1) is 6.26 Å². The number of furan rings is 1. The van der Waals surface area contributed by atoms with Gasteiger partial charge in [0.15, 0.2) is 0 Å². The Labute approximate surface area is 120 Å². The van der Waals surface area contributed by atoms with Gasteiger partial charge in [-0.1, -0.05) is 12.1 Å². The molecule has 2 unspecified atom stereocenters. The predicted molar refractivity (Wildman–Crippen MR) is 79.2 cm³/mol. The van der Waals surface area contributed by atoms with Crippen LogP contribution in [0.25, 0.3) is 0 Å². The van der Waals surface area contributed by atoms with Crippen LogP contribution in [0.15, 0.2) is 41.0 Å². The van der Waals surface area contributed by atoms with E-state index in [1.165, 1.54) is 0 Å². The van der Waals surface area contributed by atoms with Crippen molar-refractivity contribution in [1.29, 1.82) is 0 Å². The van der Waals surface area contributed by atoms with Gasteiger partial charge >= 0.3 is 0 Å². The molecule has 0 saturated heterocycles. The molecule has 1 heterocycles. The Morgan fingerprint density at radius 3 is 2.70 bits per heavy atom. The topological polar surface area (TPSA) is 25.2 Å². The highest BCUT2D eigenvalue weighted by atomic mass is 19.1. The lowest BCUT2D eigenvalue weighted by Gasteiger charge is -2.20. The Balaban J connectivity index is 1.86. The molecule has 0 spiro atoms. The molecule has 0 radical (unpaired) electrons. The Morgan fingerprint density at radius 1 is 1.25 bits per heavy atom. The van der Waals surface area contributed by atoms with Gasteiger partial charge in [-0.3, -0.25) is 0 Å². The third kappa shape index (κ3) is 3.94. The molecule has 0 aliphatic carbocycles. The van der Waals surface area contributed by atoms with E-state index in [-0.39, 0.29) is 11.9 Å². The number of hydrogen-bond donors (Lipinski definition) is 1. The molecule has 2 atom stereocenters. The van der Waals surface area contributed by atoms with Crippen molar-refractivity contribution < 1.29 is 8.81 Å². The average Bonchev–Trinajstić information content (AvgIpc) is 2.92. The third-order valence-electron chi connectivity index (χ3n) is 3.63. The molecule has 1 aromatic carbocycles. The fourth-order valence-electron chi connectivity index (χ4n) is 2.30. The molecular weight excluding hydrogens is 253 g/mol. The monoisotopic (exact) mass is 275 g/mol. The van der Waals surface area contributed by atoms with Crippen molar-refractivity contribution in [2.24, 2.45) is 0 Å². The van der Waals surface area contributed by atoms with Gasteiger partial charge in [-0.25, -0.2) is 4.39 Å². The van der Waals surface area contributed by atoms with Crippen molar-refractivity contribution in [2.75, 3.05) is 0 Å². The molecule has 0 aliphatic heterocycles. The normalized spacial score (nSPS) is 14.2. The predicted octanol–water partition coefficient (Wildman–Crippen LogP) is 4.40. The Kier molecular flexibility index (Phi) is 4.96. The number of nitrogens with one attached hydrogen (secondary N) is 1. The summed E-state index contributed by atoms with van der Waals surface area (Å²) in [5.41, 5.74) is 1.67. The van der Waals surface area contributed by atoms with Crippen LogP contribution in [0.4, 0.5) is 4.39 Å². The molecule has 3 heteroatoms. The molecule has 2 nitrogen and oxygen atoms in total. The van der Waals surface area contributed by atoms with Crippen molar-refractivity contribution in [1.82, 2.24) is 5.32 Å². The minimum Gasteiger partial charge on any atom is -0.469 e. The maximum absolute atomic E-state index is 13.6. The van der Waals surface area contributed by atoms with Gasteiger partial charge in [0.1, 0.15) is 11.6 Å².